The number of ether oxygens (including phenoxy) is 1. The summed E-state index contributed by atoms with van der Waals surface area (Å²) in [5, 5.41) is 1.31. The number of rotatable bonds is 3. The van der Waals surface area contributed by atoms with Gasteiger partial charge in [-0.3, -0.25) is 4.79 Å². The fourth-order valence-corrected chi connectivity index (χ4v) is 3.48. The van der Waals surface area contributed by atoms with Crippen LogP contribution in [-0.4, -0.2) is 25.2 Å². The molecule has 0 bridgehead atoms. The molecule has 0 saturated heterocycles. The molecule has 1 aliphatic heterocycles. The van der Waals surface area contributed by atoms with Crippen molar-refractivity contribution in [2.75, 3.05) is 19.1 Å². The molecular weight excluding hydrogens is 356 g/mol. The number of benzene rings is 2. The molecule has 0 fully saturated rings. The molecule has 4 nitrogen and oxygen atoms in total. The van der Waals surface area contributed by atoms with Crippen molar-refractivity contribution in [3.8, 4) is 5.75 Å². The Morgan fingerprint density at radius 2 is 1.92 bits per heavy atom. The molecule has 1 aliphatic rings. The Morgan fingerprint density at radius 3 is 2.56 bits per heavy atom. The molecule has 1 heterocycles. The second-order valence-electron chi connectivity index (χ2n) is 5.57. The third kappa shape index (κ3) is 3.89. The second-order valence-corrected chi connectivity index (χ2v) is 7.02. The van der Waals surface area contributed by atoms with Crippen LogP contribution in [0.1, 0.15) is 11.1 Å². The number of thioether (sulfide) groups is 1. The van der Waals surface area contributed by atoms with Crippen LogP contribution in [0.5, 0.6) is 5.75 Å². The topological polar surface area (TPSA) is 41.9 Å². The van der Waals surface area contributed by atoms with Gasteiger partial charge in [0.2, 0.25) is 0 Å². The standard InChI is InChI=1S/C19H17ClN2O2S/c1-12-10-13(4-9-16(12)24-3)11-17-18(23)21-19(25-17)22(2)15-7-5-14(20)6-8-15/h4-11H,1-3H3/b17-11-. The van der Waals surface area contributed by atoms with Crippen molar-refractivity contribution in [2.24, 2.45) is 4.99 Å². The zero-order valence-corrected chi connectivity index (χ0v) is 15.7. The maximum absolute atomic E-state index is 12.2. The predicted octanol–water partition coefficient (Wildman–Crippen LogP) is 4.76. The van der Waals surface area contributed by atoms with Crippen LogP contribution < -0.4 is 9.64 Å². The lowest BCUT2D eigenvalue weighted by atomic mass is 10.1. The largest absolute Gasteiger partial charge is 0.496 e. The van der Waals surface area contributed by atoms with Gasteiger partial charge in [-0.05, 0) is 72.3 Å². The highest BCUT2D eigenvalue weighted by Crippen LogP contribution is 2.32. The van der Waals surface area contributed by atoms with Gasteiger partial charge >= 0.3 is 0 Å². The summed E-state index contributed by atoms with van der Waals surface area (Å²) in [6, 6.07) is 13.2. The molecule has 128 valence electrons. The Bertz CT molecular complexity index is 875. The summed E-state index contributed by atoms with van der Waals surface area (Å²) in [7, 11) is 3.52. The minimum absolute atomic E-state index is 0.228. The Balaban J connectivity index is 1.80. The van der Waals surface area contributed by atoms with Gasteiger partial charge in [-0.15, -0.1) is 0 Å². The van der Waals surface area contributed by atoms with Gasteiger partial charge in [0.1, 0.15) is 5.75 Å². The van der Waals surface area contributed by atoms with E-state index in [-0.39, 0.29) is 5.91 Å². The summed E-state index contributed by atoms with van der Waals surface area (Å²) in [5.74, 6) is 0.598. The number of amidine groups is 1. The summed E-state index contributed by atoms with van der Waals surface area (Å²) in [6.07, 6.45) is 1.85. The maximum atomic E-state index is 12.2. The molecule has 0 unspecified atom stereocenters. The van der Waals surface area contributed by atoms with Crippen molar-refractivity contribution in [2.45, 2.75) is 6.92 Å². The zero-order chi connectivity index (χ0) is 18.0. The van der Waals surface area contributed by atoms with Crippen LogP contribution in [0.3, 0.4) is 0 Å². The van der Waals surface area contributed by atoms with E-state index in [1.807, 2.05) is 67.4 Å². The fourth-order valence-electron chi connectivity index (χ4n) is 2.46. The number of anilines is 1. The number of aliphatic imine (C=N–C) groups is 1. The number of hydrogen-bond acceptors (Lipinski definition) is 4. The van der Waals surface area contributed by atoms with Crippen molar-refractivity contribution >= 4 is 46.2 Å². The van der Waals surface area contributed by atoms with Gasteiger partial charge in [0.25, 0.3) is 5.91 Å². The van der Waals surface area contributed by atoms with E-state index in [4.69, 9.17) is 16.3 Å². The average molecular weight is 373 g/mol. The van der Waals surface area contributed by atoms with E-state index in [0.717, 1.165) is 22.6 Å². The first-order valence-electron chi connectivity index (χ1n) is 7.64. The normalized spacial score (nSPS) is 15.4. The summed E-state index contributed by atoms with van der Waals surface area (Å²) < 4.78 is 5.27. The minimum Gasteiger partial charge on any atom is -0.496 e. The second kappa shape index (κ2) is 7.33. The fraction of sp³-hybridized carbons (Fsp3) is 0.158. The van der Waals surface area contributed by atoms with Crippen LogP contribution in [0.2, 0.25) is 5.02 Å². The van der Waals surface area contributed by atoms with Crippen LogP contribution in [0.25, 0.3) is 6.08 Å². The lowest BCUT2D eigenvalue weighted by Crippen LogP contribution is -2.21. The third-order valence-electron chi connectivity index (χ3n) is 3.83. The predicted molar refractivity (Wildman–Crippen MR) is 106 cm³/mol. The number of carbonyl (C=O) groups is 1. The number of carbonyl (C=O) groups excluding carboxylic acids is 1. The first kappa shape index (κ1) is 17.6. The van der Waals surface area contributed by atoms with Crippen molar-refractivity contribution in [1.29, 1.82) is 0 Å². The monoisotopic (exact) mass is 372 g/mol. The van der Waals surface area contributed by atoms with Crippen LogP contribution in [0, 0.1) is 6.92 Å². The molecular formula is C19H17ClN2O2S. The summed E-state index contributed by atoms with van der Waals surface area (Å²) in [6.45, 7) is 1.97. The highest BCUT2D eigenvalue weighted by Gasteiger charge is 2.25. The van der Waals surface area contributed by atoms with Crippen LogP contribution >= 0.6 is 23.4 Å². The van der Waals surface area contributed by atoms with E-state index in [9.17, 15) is 4.79 Å². The van der Waals surface area contributed by atoms with Crippen molar-refractivity contribution in [3.63, 3.8) is 0 Å². The molecule has 2 aromatic rings. The van der Waals surface area contributed by atoms with Gasteiger partial charge in [-0.1, -0.05) is 17.7 Å². The molecule has 25 heavy (non-hydrogen) atoms. The Hall–Kier alpha value is -2.24. The third-order valence-corrected chi connectivity index (χ3v) is 5.14. The molecule has 0 radical (unpaired) electrons. The minimum atomic E-state index is -0.228. The lowest BCUT2D eigenvalue weighted by Gasteiger charge is -2.17. The van der Waals surface area contributed by atoms with Gasteiger partial charge in [0.05, 0.1) is 12.0 Å². The van der Waals surface area contributed by atoms with Crippen molar-refractivity contribution in [1.82, 2.24) is 0 Å². The molecule has 0 aromatic heterocycles. The van der Waals surface area contributed by atoms with E-state index in [1.54, 1.807) is 7.11 Å². The number of hydrogen-bond donors (Lipinski definition) is 0. The molecule has 0 spiro atoms. The molecule has 3 rings (SSSR count). The molecule has 2 aromatic carbocycles. The summed E-state index contributed by atoms with van der Waals surface area (Å²) >= 11 is 7.28. The van der Waals surface area contributed by atoms with E-state index in [1.165, 1.54) is 11.8 Å². The molecule has 0 atom stereocenters. The average Bonchev–Trinajstić information content (AvgIpc) is 2.96. The number of aryl methyl sites for hydroxylation is 1. The van der Waals surface area contributed by atoms with Crippen LogP contribution in [0.15, 0.2) is 52.4 Å². The van der Waals surface area contributed by atoms with Crippen molar-refractivity contribution in [3.05, 3.63) is 63.5 Å². The molecule has 6 heteroatoms. The van der Waals surface area contributed by atoms with Gasteiger partial charge in [-0.2, -0.15) is 4.99 Å². The van der Waals surface area contributed by atoms with Crippen LogP contribution in [0.4, 0.5) is 5.69 Å². The number of methoxy groups -OCH3 is 1. The number of nitrogens with zero attached hydrogens (tertiary/aromatic N) is 2. The smallest absolute Gasteiger partial charge is 0.286 e. The zero-order valence-electron chi connectivity index (χ0n) is 14.1. The SMILES string of the molecule is COc1ccc(/C=C2\SC(N(C)c3ccc(Cl)cc3)=NC2=O)cc1C. The van der Waals surface area contributed by atoms with E-state index in [2.05, 4.69) is 4.99 Å². The van der Waals surface area contributed by atoms with Gasteiger partial charge < -0.3 is 9.64 Å². The number of amides is 1. The Morgan fingerprint density at radius 1 is 1.20 bits per heavy atom. The van der Waals surface area contributed by atoms with Gasteiger partial charge in [0, 0.05) is 17.8 Å². The Kier molecular flexibility index (Phi) is 5.16. The first-order valence-corrected chi connectivity index (χ1v) is 8.84. The number of halogens is 1. The van der Waals surface area contributed by atoms with E-state index < -0.39 is 0 Å². The highest BCUT2D eigenvalue weighted by molar-refractivity contribution is 8.18. The molecule has 0 saturated carbocycles. The van der Waals surface area contributed by atoms with Gasteiger partial charge in [0.15, 0.2) is 5.17 Å². The molecule has 0 aliphatic carbocycles. The molecule has 1 amide bonds. The van der Waals surface area contributed by atoms with E-state index in [0.29, 0.717) is 15.1 Å². The highest BCUT2D eigenvalue weighted by atomic mass is 35.5. The molecule has 0 N–H and O–H groups in total. The summed E-state index contributed by atoms with van der Waals surface area (Å²) in [4.78, 5) is 18.9. The van der Waals surface area contributed by atoms with Gasteiger partial charge in [-0.25, -0.2) is 0 Å². The quantitative estimate of drug-likeness (QED) is 0.728. The van der Waals surface area contributed by atoms with Crippen LogP contribution in [-0.2, 0) is 4.79 Å². The summed E-state index contributed by atoms with van der Waals surface area (Å²) in [5.41, 5.74) is 2.89. The Labute approximate surface area is 156 Å². The van der Waals surface area contributed by atoms with E-state index >= 15 is 0 Å². The maximum Gasteiger partial charge on any atom is 0.286 e. The lowest BCUT2D eigenvalue weighted by molar-refractivity contribution is -0.113. The first-order chi connectivity index (χ1) is 12.0. The van der Waals surface area contributed by atoms with Crippen molar-refractivity contribution < 1.29 is 9.53 Å².